The molecule has 1 saturated heterocycles. The molecule has 0 aromatic carbocycles. The molecular formula is C25H34O3. The third-order valence-electron chi connectivity index (χ3n) is 10.2. The van der Waals surface area contributed by atoms with Gasteiger partial charge in [-0.05, 0) is 80.1 Å². The first-order valence-electron chi connectivity index (χ1n) is 11.9. The van der Waals surface area contributed by atoms with Crippen LogP contribution in [0.1, 0.15) is 78.1 Å². The zero-order chi connectivity index (χ0) is 19.3. The summed E-state index contributed by atoms with van der Waals surface area (Å²) in [5.74, 6) is 5.50. The normalized spacial score (nSPS) is 53.8. The fraction of sp³-hybridized carbons (Fsp3) is 0.840. The summed E-state index contributed by atoms with van der Waals surface area (Å²) >= 11 is 0. The first-order chi connectivity index (χ1) is 13.5. The van der Waals surface area contributed by atoms with Crippen molar-refractivity contribution < 1.29 is 14.3 Å². The van der Waals surface area contributed by atoms with Crippen molar-refractivity contribution in [2.75, 3.05) is 0 Å². The maximum absolute atomic E-state index is 12.2. The largest absolute Gasteiger partial charge is 0.458 e. The number of hydrogen-bond acceptors (Lipinski definition) is 3. The number of rotatable bonds is 2. The van der Waals surface area contributed by atoms with Gasteiger partial charge in [-0.3, -0.25) is 9.59 Å². The molecule has 0 aromatic heterocycles. The van der Waals surface area contributed by atoms with Crippen LogP contribution < -0.4 is 0 Å². The molecule has 3 nitrogen and oxygen atoms in total. The minimum atomic E-state index is -0.139. The number of esters is 1. The van der Waals surface area contributed by atoms with E-state index in [0.717, 1.165) is 55.3 Å². The molecule has 3 heteroatoms. The van der Waals surface area contributed by atoms with Crippen LogP contribution in [0, 0.1) is 46.8 Å². The summed E-state index contributed by atoms with van der Waals surface area (Å²) in [7, 11) is 0. The predicted molar refractivity (Wildman–Crippen MR) is 106 cm³/mol. The lowest BCUT2D eigenvalue weighted by atomic mass is 9.46. The van der Waals surface area contributed by atoms with Crippen molar-refractivity contribution in [1.82, 2.24) is 0 Å². The first-order valence-corrected chi connectivity index (χ1v) is 11.9. The zero-order valence-corrected chi connectivity index (χ0v) is 17.4. The molecule has 0 aromatic rings. The average molecular weight is 383 g/mol. The Balaban J connectivity index is 1.41. The second-order valence-electron chi connectivity index (χ2n) is 11.2. The number of carbonyl (C=O) groups is 2. The van der Waals surface area contributed by atoms with Gasteiger partial charge in [-0.25, -0.2) is 0 Å². The van der Waals surface area contributed by atoms with E-state index in [0.29, 0.717) is 24.0 Å². The number of allylic oxidation sites excluding steroid dienone is 1. The van der Waals surface area contributed by atoms with E-state index in [1.54, 1.807) is 0 Å². The maximum atomic E-state index is 12.2. The third-order valence-corrected chi connectivity index (χ3v) is 10.2. The van der Waals surface area contributed by atoms with Gasteiger partial charge in [0.2, 0.25) is 0 Å². The molecule has 0 bridgehead atoms. The van der Waals surface area contributed by atoms with Crippen LogP contribution in [-0.2, 0) is 14.3 Å². The van der Waals surface area contributed by atoms with E-state index in [9.17, 15) is 9.59 Å². The first kappa shape index (κ1) is 17.7. The molecule has 0 N–H and O–H groups in total. The molecule has 4 saturated carbocycles. The Morgan fingerprint density at radius 2 is 2.00 bits per heavy atom. The summed E-state index contributed by atoms with van der Waals surface area (Å²) in [6.45, 7) is 4.82. The van der Waals surface area contributed by atoms with Crippen molar-refractivity contribution in [1.29, 1.82) is 0 Å². The van der Waals surface area contributed by atoms with Gasteiger partial charge in [-0.15, -0.1) is 0 Å². The predicted octanol–water partition coefficient (Wildman–Crippen LogP) is 5.09. The number of fused-ring (bicyclic) bond motifs is 9. The van der Waals surface area contributed by atoms with E-state index >= 15 is 0 Å². The van der Waals surface area contributed by atoms with E-state index in [1.165, 1.54) is 37.7 Å². The molecule has 0 amide bonds. The smallest absolute Gasteiger partial charge is 0.306 e. The molecule has 1 aliphatic heterocycles. The molecule has 1 spiro atoms. The Labute approximate surface area is 168 Å². The van der Waals surface area contributed by atoms with Crippen LogP contribution in [-0.4, -0.2) is 17.4 Å². The van der Waals surface area contributed by atoms with E-state index in [-0.39, 0.29) is 17.0 Å². The summed E-state index contributed by atoms with van der Waals surface area (Å²) in [4.78, 5) is 24.3. The van der Waals surface area contributed by atoms with Crippen molar-refractivity contribution in [3.8, 4) is 0 Å². The number of ether oxygens (including phenoxy) is 1. The summed E-state index contributed by atoms with van der Waals surface area (Å²) in [6.07, 6.45) is 12.9. The highest BCUT2D eigenvalue weighted by Gasteiger charge is 2.79. The van der Waals surface area contributed by atoms with Gasteiger partial charge in [0.15, 0.2) is 5.78 Å². The molecule has 1 heterocycles. The summed E-state index contributed by atoms with van der Waals surface area (Å²) in [5, 5.41) is 0. The van der Waals surface area contributed by atoms with Gasteiger partial charge >= 0.3 is 5.97 Å². The Bertz CT molecular complexity index is 768. The molecule has 0 radical (unpaired) electrons. The Hall–Kier alpha value is -1.12. The van der Waals surface area contributed by atoms with Crippen LogP contribution in [0.25, 0.3) is 0 Å². The molecular weight excluding hydrogens is 348 g/mol. The molecule has 6 rings (SSSR count). The van der Waals surface area contributed by atoms with Gasteiger partial charge in [0.1, 0.15) is 5.60 Å². The van der Waals surface area contributed by atoms with Gasteiger partial charge in [-0.2, -0.15) is 0 Å². The lowest BCUT2D eigenvalue weighted by Crippen LogP contribution is -2.56. The van der Waals surface area contributed by atoms with Crippen LogP contribution in [0.15, 0.2) is 11.6 Å². The second kappa shape index (κ2) is 5.73. The Morgan fingerprint density at radius 3 is 2.75 bits per heavy atom. The van der Waals surface area contributed by atoms with Gasteiger partial charge in [0.25, 0.3) is 0 Å². The average Bonchev–Trinajstić information content (AvgIpc) is 3.30. The van der Waals surface area contributed by atoms with Gasteiger partial charge in [0.05, 0.1) is 0 Å². The minimum Gasteiger partial charge on any atom is -0.458 e. The summed E-state index contributed by atoms with van der Waals surface area (Å²) < 4.78 is 6.24. The van der Waals surface area contributed by atoms with E-state index in [4.69, 9.17) is 4.74 Å². The molecule has 6 aliphatic rings. The lowest BCUT2D eigenvalue weighted by molar-refractivity contribution is -0.177. The Morgan fingerprint density at radius 1 is 1.14 bits per heavy atom. The molecule has 9 atom stereocenters. The van der Waals surface area contributed by atoms with Gasteiger partial charge in [0, 0.05) is 24.2 Å². The van der Waals surface area contributed by atoms with E-state index < -0.39 is 0 Å². The minimum absolute atomic E-state index is 0.0550. The van der Waals surface area contributed by atoms with Crippen LogP contribution in [0.3, 0.4) is 0 Å². The van der Waals surface area contributed by atoms with Gasteiger partial charge in [-0.1, -0.05) is 32.3 Å². The van der Waals surface area contributed by atoms with E-state index in [1.807, 2.05) is 6.08 Å². The highest BCUT2D eigenvalue weighted by Crippen LogP contribution is 2.79. The monoisotopic (exact) mass is 382 g/mol. The standard InChI is InChI=1S/C25H34O3/c1-3-4-14-11-15-12-16(26)5-6-17(15)18-7-9-24(2)23(22(14)18)19-13-20(19)25(24)10-8-21(27)28-25/h12,14,17-20,22-23H,3-11,13H2,1-2H3/t14-,17?,18?,19?,20?,22?,23?,24?,25?/m0/s1. The van der Waals surface area contributed by atoms with Crippen molar-refractivity contribution in [3.63, 3.8) is 0 Å². The fourth-order valence-corrected chi connectivity index (χ4v) is 9.38. The van der Waals surface area contributed by atoms with Crippen LogP contribution in [0.2, 0.25) is 0 Å². The van der Waals surface area contributed by atoms with E-state index in [2.05, 4.69) is 13.8 Å². The fourth-order valence-electron chi connectivity index (χ4n) is 9.38. The van der Waals surface area contributed by atoms with Crippen LogP contribution in [0.5, 0.6) is 0 Å². The maximum Gasteiger partial charge on any atom is 0.306 e. The lowest BCUT2D eigenvalue weighted by Gasteiger charge is -2.59. The topological polar surface area (TPSA) is 43.4 Å². The zero-order valence-electron chi connectivity index (χ0n) is 17.4. The molecule has 5 fully saturated rings. The van der Waals surface area contributed by atoms with Crippen molar-refractivity contribution in [2.24, 2.45) is 46.8 Å². The highest BCUT2D eigenvalue weighted by molar-refractivity contribution is 5.91. The number of hydrogen-bond donors (Lipinski definition) is 0. The van der Waals surface area contributed by atoms with Crippen molar-refractivity contribution in [3.05, 3.63) is 11.6 Å². The molecule has 152 valence electrons. The molecule has 5 aliphatic carbocycles. The van der Waals surface area contributed by atoms with Crippen LogP contribution >= 0.6 is 0 Å². The number of carbonyl (C=O) groups excluding carboxylic acids is 2. The number of ketones is 1. The quantitative estimate of drug-likeness (QED) is 0.625. The highest BCUT2D eigenvalue weighted by atomic mass is 16.6. The van der Waals surface area contributed by atoms with Crippen molar-refractivity contribution in [2.45, 2.75) is 83.7 Å². The SMILES string of the molecule is CCC[C@H]1CC2=CC(=O)CCC2C2CCC3(C)C(C4CC4C34CCC(=O)O4)C21. The van der Waals surface area contributed by atoms with Crippen molar-refractivity contribution >= 4 is 11.8 Å². The second-order valence-corrected chi connectivity index (χ2v) is 11.2. The van der Waals surface area contributed by atoms with Gasteiger partial charge < -0.3 is 4.74 Å². The Kier molecular flexibility index (Phi) is 3.62. The van der Waals surface area contributed by atoms with Crippen LogP contribution in [0.4, 0.5) is 0 Å². The molecule has 8 unspecified atom stereocenters. The summed E-state index contributed by atoms with van der Waals surface area (Å²) in [6, 6.07) is 0. The molecule has 28 heavy (non-hydrogen) atoms. The summed E-state index contributed by atoms with van der Waals surface area (Å²) in [5.41, 5.74) is 1.54. The third kappa shape index (κ3) is 2.07.